The standard InChI is InChI=1S/C31H33N7O2/c32-30-27-28(20-13-15-21(16-14-20)31(40)36-25-11-5-6-17-33-25)37-38-24-10-7-9-23(18-24)35-26(39)12-4-2-1-3-8-22(19-34-30)29(27)38/h3,5-6,8,11,13-17,19,23-24H,1-2,4,7,9-10,12,18H2,(H2,32,34)(H,35,39)(H,33,36,40)/t23-,24-/m1/s1. The molecule has 204 valence electrons. The van der Waals surface area contributed by atoms with Crippen molar-refractivity contribution in [2.75, 3.05) is 11.1 Å². The van der Waals surface area contributed by atoms with Crippen molar-refractivity contribution in [2.24, 2.45) is 0 Å². The number of amides is 2. The van der Waals surface area contributed by atoms with E-state index in [0.29, 0.717) is 23.6 Å². The van der Waals surface area contributed by atoms with Crippen molar-refractivity contribution in [2.45, 2.75) is 63.5 Å². The molecule has 0 radical (unpaired) electrons. The Morgan fingerprint density at radius 2 is 1.93 bits per heavy atom. The maximum Gasteiger partial charge on any atom is 0.256 e. The van der Waals surface area contributed by atoms with Crippen LogP contribution in [-0.2, 0) is 4.79 Å². The molecule has 0 spiro atoms. The minimum absolute atomic E-state index is 0.121. The molecule has 6 rings (SSSR count). The highest BCUT2D eigenvalue weighted by atomic mass is 16.2. The maximum absolute atomic E-state index is 12.8. The molecule has 2 atom stereocenters. The van der Waals surface area contributed by atoms with Crippen molar-refractivity contribution in [3.05, 3.63) is 72.1 Å². The Kier molecular flexibility index (Phi) is 7.27. The average molecular weight is 536 g/mol. The predicted octanol–water partition coefficient (Wildman–Crippen LogP) is 5.51. The summed E-state index contributed by atoms with van der Waals surface area (Å²) in [4.78, 5) is 34.0. The van der Waals surface area contributed by atoms with E-state index in [0.717, 1.165) is 72.7 Å². The third kappa shape index (κ3) is 5.32. The number of anilines is 2. The highest BCUT2D eigenvalue weighted by Gasteiger charge is 2.29. The van der Waals surface area contributed by atoms with Crippen LogP contribution in [0.3, 0.4) is 0 Å². The molecule has 2 amide bonds. The van der Waals surface area contributed by atoms with Gasteiger partial charge in [0, 0.05) is 41.5 Å². The molecule has 9 heteroatoms. The first-order valence-electron chi connectivity index (χ1n) is 14.0. The van der Waals surface area contributed by atoms with Gasteiger partial charge in [0.1, 0.15) is 17.3 Å². The van der Waals surface area contributed by atoms with Gasteiger partial charge in [0.25, 0.3) is 5.91 Å². The van der Waals surface area contributed by atoms with Crippen molar-refractivity contribution < 1.29 is 9.59 Å². The second kappa shape index (κ2) is 11.3. The van der Waals surface area contributed by atoms with Crippen LogP contribution in [0.15, 0.2) is 60.9 Å². The van der Waals surface area contributed by atoms with Crippen LogP contribution in [0.1, 0.15) is 73.3 Å². The van der Waals surface area contributed by atoms with Crippen molar-refractivity contribution in [1.29, 1.82) is 0 Å². The number of pyridine rings is 2. The maximum atomic E-state index is 12.8. The van der Waals surface area contributed by atoms with Gasteiger partial charge in [-0.25, -0.2) is 9.97 Å². The van der Waals surface area contributed by atoms with Crippen LogP contribution < -0.4 is 16.4 Å². The van der Waals surface area contributed by atoms with Gasteiger partial charge in [-0.1, -0.05) is 30.4 Å². The zero-order valence-electron chi connectivity index (χ0n) is 22.3. The van der Waals surface area contributed by atoms with Gasteiger partial charge in [0.15, 0.2) is 0 Å². The predicted molar refractivity (Wildman–Crippen MR) is 157 cm³/mol. The molecule has 1 aromatic carbocycles. The normalized spacial score (nSPS) is 19.6. The van der Waals surface area contributed by atoms with Crippen LogP contribution in [0.25, 0.3) is 28.2 Å². The van der Waals surface area contributed by atoms with Crippen LogP contribution >= 0.6 is 0 Å². The molecule has 2 bridgehead atoms. The van der Waals surface area contributed by atoms with Crippen LogP contribution in [0, 0.1) is 0 Å². The lowest BCUT2D eigenvalue weighted by atomic mass is 9.90. The SMILES string of the molecule is Nc1ncc2c3c1c(-c1ccc(C(=O)Nc4ccccn4)cc1)nn3[C@@H]1CCC[C@H](C1)NC(=O)CCCCC=C2. The number of hydrogen-bond donors (Lipinski definition) is 3. The van der Waals surface area contributed by atoms with E-state index < -0.39 is 0 Å². The van der Waals surface area contributed by atoms with Gasteiger partial charge in [-0.05, 0) is 69.2 Å². The Morgan fingerprint density at radius 3 is 2.75 bits per heavy atom. The molecular weight excluding hydrogens is 502 g/mol. The molecule has 1 fully saturated rings. The molecule has 0 unspecified atom stereocenters. The van der Waals surface area contributed by atoms with Gasteiger partial charge in [-0.2, -0.15) is 5.10 Å². The summed E-state index contributed by atoms with van der Waals surface area (Å²) in [7, 11) is 0. The second-order valence-corrected chi connectivity index (χ2v) is 10.6. The number of nitrogens with zero attached hydrogens (tertiary/aromatic N) is 4. The zero-order chi connectivity index (χ0) is 27.5. The topological polar surface area (TPSA) is 128 Å². The van der Waals surface area contributed by atoms with Gasteiger partial charge < -0.3 is 16.4 Å². The number of allylic oxidation sites excluding steroid dienone is 1. The van der Waals surface area contributed by atoms with E-state index in [-0.39, 0.29) is 23.9 Å². The molecule has 4 aromatic rings. The molecule has 1 aliphatic heterocycles. The fourth-order valence-corrected chi connectivity index (χ4v) is 5.79. The second-order valence-electron chi connectivity index (χ2n) is 10.6. The van der Waals surface area contributed by atoms with Crippen LogP contribution in [-0.4, -0.2) is 37.6 Å². The summed E-state index contributed by atoms with van der Waals surface area (Å²) >= 11 is 0. The van der Waals surface area contributed by atoms with Crippen molar-refractivity contribution in [3.8, 4) is 11.3 Å². The summed E-state index contributed by atoms with van der Waals surface area (Å²) in [6.07, 6.45) is 14.8. The minimum Gasteiger partial charge on any atom is -0.383 e. The van der Waals surface area contributed by atoms with Crippen molar-refractivity contribution in [3.63, 3.8) is 0 Å². The summed E-state index contributed by atoms with van der Waals surface area (Å²) in [5.74, 6) is 0.825. The van der Waals surface area contributed by atoms with E-state index >= 15 is 0 Å². The van der Waals surface area contributed by atoms with Gasteiger partial charge >= 0.3 is 0 Å². The Bertz CT molecular complexity index is 1560. The molecule has 1 saturated carbocycles. The van der Waals surface area contributed by atoms with Crippen molar-refractivity contribution >= 4 is 40.4 Å². The molecule has 4 N–H and O–H groups in total. The number of carbonyl (C=O) groups is 2. The number of carbonyl (C=O) groups excluding carboxylic acids is 2. The molecule has 9 nitrogen and oxygen atoms in total. The van der Waals surface area contributed by atoms with Crippen LogP contribution in [0.2, 0.25) is 0 Å². The van der Waals surface area contributed by atoms with E-state index in [2.05, 4.69) is 37.4 Å². The molecule has 1 aliphatic carbocycles. The molecule has 2 aliphatic rings. The highest BCUT2D eigenvalue weighted by Crippen LogP contribution is 2.39. The fraction of sp³-hybridized carbons (Fsp3) is 0.323. The molecular formula is C31H33N7O2. The van der Waals surface area contributed by atoms with E-state index in [9.17, 15) is 9.59 Å². The summed E-state index contributed by atoms with van der Waals surface area (Å²) in [6.45, 7) is 0. The third-order valence-corrected chi connectivity index (χ3v) is 7.79. The summed E-state index contributed by atoms with van der Waals surface area (Å²) in [5, 5.41) is 12.0. The average Bonchev–Trinajstić information content (AvgIpc) is 3.38. The number of nitrogens with one attached hydrogen (secondary N) is 2. The Morgan fingerprint density at radius 1 is 1.05 bits per heavy atom. The minimum atomic E-state index is -0.234. The lowest BCUT2D eigenvalue weighted by molar-refractivity contribution is -0.122. The molecule has 40 heavy (non-hydrogen) atoms. The smallest absolute Gasteiger partial charge is 0.256 e. The number of nitrogens with two attached hydrogens (primary N) is 1. The molecule has 0 saturated heterocycles. The largest absolute Gasteiger partial charge is 0.383 e. The number of aromatic nitrogens is 4. The van der Waals surface area contributed by atoms with Crippen LogP contribution in [0.4, 0.5) is 11.6 Å². The Hall–Kier alpha value is -4.53. The Labute approximate surface area is 232 Å². The molecule has 4 heterocycles. The Balaban J connectivity index is 1.40. The lowest BCUT2D eigenvalue weighted by Crippen LogP contribution is -2.39. The summed E-state index contributed by atoms with van der Waals surface area (Å²) in [6, 6.07) is 13.0. The van der Waals surface area contributed by atoms with Crippen molar-refractivity contribution in [1.82, 2.24) is 25.1 Å². The van der Waals surface area contributed by atoms with Crippen LogP contribution in [0.5, 0.6) is 0 Å². The first kappa shape index (κ1) is 25.7. The monoisotopic (exact) mass is 535 g/mol. The number of rotatable bonds is 3. The van der Waals surface area contributed by atoms with Gasteiger partial charge in [-0.3, -0.25) is 14.3 Å². The van der Waals surface area contributed by atoms with E-state index in [1.54, 1.807) is 30.5 Å². The van der Waals surface area contributed by atoms with E-state index in [1.165, 1.54) is 0 Å². The number of benzene rings is 1. The van der Waals surface area contributed by atoms with Gasteiger partial charge in [-0.15, -0.1) is 0 Å². The lowest BCUT2D eigenvalue weighted by Gasteiger charge is -2.30. The fourth-order valence-electron chi connectivity index (χ4n) is 5.79. The summed E-state index contributed by atoms with van der Waals surface area (Å²) in [5.41, 5.74) is 10.6. The summed E-state index contributed by atoms with van der Waals surface area (Å²) < 4.78 is 2.11. The highest BCUT2D eigenvalue weighted by molar-refractivity contribution is 6.06. The van der Waals surface area contributed by atoms with E-state index in [4.69, 9.17) is 10.8 Å². The van der Waals surface area contributed by atoms with Gasteiger partial charge in [0.2, 0.25) is 5.91 Å². The molecule has 3 aromatic heterocycles. The quantitative estimate of drug-likeness (QED) is 0.317. The number of hydrogen-bond acceptors (Lipinski definition) is 6. The van der Waals surface area contributed by atoms with Gasteiger partial charge in [0.05, 0.1) is 16.9 Å². The number of nitrogen functional groups attached to an aromatic ring is 1. The zero-order valence-corrected chi connectivity index (χ0v) is 22.3. The first-order chi connectivity index (χ1) is 19.6. The van der Waals surface area contributed by atoms with E-state index in [1.807, 2.05) is 24.4 Å². The third-order valence-electron chi connectivity index (χ3n) is 7.79. The first-order valence-corrected chi connectivity index (χ1v) is 14.0. The number of fused-ring (bicyclic) bond motifs is 3.